The van der Waals surface area contributed by atoms with Crippen LogP contribution in [0.4, 0.5) is 0 Å². The third-order valence-electron chi connectivity index (χ3n) is 5.17. The molecule has 14 heteroatoms. The van der Waals surface area contributed by atoms with Crippen molar-refractivity contribution in [2.24, 2.45) is 23.1 Å². The van der Waals surface area contributed by atoms with Crippen molar-refractivity contribution in [1.29, 1.82) is 0 Å². The van der Waals surface area contributed by atoms with Crippen molar-refractivity contribution in [3.05, 3.63) is 0 Å². The zero-order valence-electron chi connectivity index (χ0n) is 20.1. The lowest BCUT2D eigenvalue weighted by Gasteiger charge is -2.25. The predicted molar refractivity (Wildman–Crippen MR) is 124 cm³/mol. The van der Waals surface area contributed by atoms with Crippen LogP contribution in [-0.2, 0) is 28.8 Å². The summed E-state index contributed by atoms with van der Waals surface area (Å²) in [4.78, 5) is 71.8. The lowest BCUT2D eigenvalue weighted by Crippen LogP contribution is -2.57. The Morgan fingerprint density at radius 1 is 0.743 bits per heavy atom. The molecule has 0 aliphatic rings. The van der Waals surface area contributed by atoms with Gasteiger partial charge in [-0.3, -0.25) is 24.0 Å². The van der Waals surface area contributed by atoms with Crippen LogP contribution >= 0.6 is 0 Å². The number of aliphatic carboxylic acids is 2. The number of hydrogen-bond acceptors (Lipinski definition) is 8. The van der Waals surface area contributed by atoms with E-state index in [1.54, 1.807) is 13.8 Å². The molecule has 35 heavy (non-hydrogen) atoms. The molecule has 0 heterocycles. The summed E-state index contributed by atoms with van der Waals surface area (Å²) in [7, 11) is 0. The third-order valence-corrected chi connectivity index (χ3v) is 5.17. The minimum absolute atomic E-state index is 0.0964. The monoisotopic (exact) mass is 502 g/mol. The maximum atomic E-state index is 12.9. The van der Waals surface area contributed by atoms with Crippen molar-refractivity contribution in [3.8, 4) is 0 Å². The van der Waals surface area contributed by atoms with Gasteiger partial charge in [0.2, 0.25) is 23.6 Å². The smallest absolute Gasteiger partial charge is 0.326 e. The van der Waals surface area contributed by atoms with E-state index in [9.17, 15) is 33.9 Å². The standard InChI is InChI=1S/C21H38N6O8/c1-11(2)17(24)20(33)26-13(7-9-16(29)30)18(31)25-12(6-8-15(23)28)19(32)27-14(21(34)35)5-3-4-10-22/h11-14,17H,3-10,22,24H2,1-2H3,(H2,23,28)(H,25,31)(H,26,33)(H,27,32)(H,29,30)(H,34,35). The minimum atomic E-state index is -1.37. The fraction of sp³-hybridized carbons (Fsp3) is 0.714. The van der Waals surface area contributed by atoms with Crippen molar-refractivity contribution in [2.75, 3.05) is 6.54 Å². The fourth-order valence-corrected chi connectivity index (χ4v) is 2.96. The first-order valence-electron chi connectivity index (χ1n) is 11.4. The Hall–Kier alpha value is -3.26. The Morgan fingerprint density at radius 2 is 1.23 bits per heavy atom. The number of carboxylic acids is 2. The van der Waals surface area contributed by atoms with Crippen LogP contribution in [0.5, 0.6) is 0 Å². The Bertz CT molecular complexity index is 760. The van der Waals surface area contributed by atoms with Crippen LogP contribution in [0.1, 0.15) is 58.8 Å². The molecular formula is C21H38N6O8. The molecule has 0 aliphatic carbocycles. The zero-order valence-corrected chi connectivity index (χ0v) is 20.1. The number of hydrogen-bond donors (Lipinski definition) is 8. The Kier molecular flexibility index (Phi) is 14.9. The van der Waals surface area contributed by atoms with E-state index >= 15 is 0 Å². The largest absolute Gasteiger partial charge is 0.481 e. The Balaban J connectivity index is 5.59. The van der Waals surface area contributed by atoms with Gasteiger partial charge in [-0.1, -0.05) is 13.8 Å². The van der Waals surface area contributed by atoms with Crippen molar-refractivity contribution >= 4 is 35.6 Å². The zero-order chi connectivity index (χ0) is 27.1. The SMILES string of the molecule is CC(C)C(N)C(=O)NC(CCC(=O)O)C(=O)NC(CCC(N)=O)C(=O)NC(CCCCN)C(=O)O. The van der Waals surface area contributed by atoms with Crippen LogP contribution in [-0.4, -0.2) is 76.5 Å². The lowest BCUT2D eigenvalue weighted by molar-refractivity contribution is -0.142. The molecule has 4 unspecified atom stereocenters. The van der Waals surface area contributed by atoms with Crippen molar-refractivity contribution < 1.29 is 39.0 Å². The van der Waals surface area contributed by atoms with Crippen LogP contribution in [0, 0.1) is 5.92 Å². The molecule has 0 aliphatic heterocycles. The van der Waals surface area contributed by atoms with Crippen LogP contribution in [0.2, 0.25) is 0 Å². The number of carbonyl (C=O) groups is 6. The summed E-state index contributed by atoms with van der Waals surface area (Å²) in [6.45, 7) is 3.72. The number of carbonyl (C=O) groups excluding carboxylic acids is 4. The maximum absolute atomic E-state index is 12.9. The number of carboxylic acid groups (broad SMARTS) is 2. The van der Waals surface area contributed by atoms with Gasteiger partial charge in [-0.05, 0) is 44.6 Å². The van der Waals surface area contributed by atoms with Gasteiger partial charge in [0.05, 0.1) is 6.04 Å². The fourth-order valence-electron chi connectivity index (χ4n) is 2.96. The van der Waals surface area contributed by atoms with E-state index in [1.165, 1.54) is 0 Å². The molecule has 200 valence electrons. The molecule has 0 radical (unpaired) electrons. The maximum Gasteiger partial charge on any atom is 0.326 e. The number of primary amides is 1. The molecule has 0 saturated carbocycles. The van der Waals surface area contributed by atoms with Gasteiger partial charge in [-0.15, -0.1) is 0 Å². The average molecular weight is 503 g/mol. The molecule has 0 aromatic rings. The first-order chi connectivity index (χ1) is 16.3. The summed E-state index contributed by atoms with van der Waals surface area (Å²) >= 11 is 0. The van der Waals surface area contributed by atoms with Gasteiger partial charge in [-0.2, -0.15) is 0 Å². The molecular weight excluding hydrogens is 464 g/mol. The van der Waals surface area contributed by atoms with Crippen LogP contribution < -0.4 is 33.2 Å². The molecule has 0 saturated heterocycles. The number of rotatable bonds is 18. The van der Waals surface area contributed by atoms with Crippen molar-refractivity contribution in [1.82, 2.24) is 16.0 Å². The van der Waals surface area contributed by atoms with E-state index in [1.807, 2.05) is 0 Å². The highest BCUT2D eigenvalue weighted by Crippen LogP contribution is 2.07. The normalized spacial score (nSPS) is 14.3. The molecule has 4 atom stereocenters. The highest BCUT2D eigenvalue weighted by Gasteiger charge is 2.31. The number of amides is 4. The van der Waals surface area contributed by atoms with E-state index in [2.05, 4.69) is 16.0 Å². The third kappa shape index (κ3) is 13.3. The highest BCUT2D eigenvalue weighted by molar-refractivity contribution is 5.94. The second-order valence-corrected chi connectivity index (χ2v) is 8.51. The molecule has 4 amide bonds. The first-order valence-corrected chi connectivity index (χ1v) is 11.4. The van der Waals surface area contributed by atoms with Gasteiger partial charge in [0.25, 0.3) is 0 Å². The first kappa shape index (κ1) is 31.7. The average Bonchev–Trinajstić information content (AvgIpc) is 2.77. The van der Waals surface area contributed by atoms with Gasteiger partial charge >= 0.3 is 11.9 Å². The molecule has 0 bridgehead atoms. The Morgan fingerprint density at radius 3 is 1.66 bits per heavy atom. The summed E-state index contributed by atoms with van der Waals surface area (Å²) in [5.74, 6) is -5.97. The quantitative estimate of drug-likeness (QED) is 0.0935. The van der Waals surface area contributed by atoms with E-state index in [0.29, 0.717) is 19.4 Å². The highest BCUT2D eigenvalue weighted by atomic mass is 16.4. The van der Waals surface area contributed by atoms with E-state index in [4.69, 9.17) is 22.3 Å². The van der Waals surface area contributed by atoms with Gasteiger partial charge in [0.15, 0.2) is 0 Å². The molecule has 14 nitrogen and oxygen atoms in total. The molecule has 0 aromatic heterocycles. The second-order valence-electron chi connectivity index (χ2n) is 8.51. The molecule has 0 spiro atoms. The van der Waals surface area contributed by atoms with Crippen LogP contribution in [0.3, 0.4) is 0 Å². The lowest BCUT2D eigenvalue weighted by atomic mass is 10.0. The van der Waals surface area contributed by atoms with E-state index in [-0.39, 0.29) is 31.6 Å². The number of unbranched alkanes of at least 4 members (excludes halogenated alkanes) is 1. The second kappa shape index (κ2) is 16.4. The van der Waals surface area contributed by atoms with E-state index < -0.39 is 66.2 Å². The van der Waals surface area contributed by atoms with Crippen LogP contribution in [0.25, 0.3) is 0 Å². The number of nitrogens with two attached hydrogens (primary N) is 3. The van der Waals surface area contributed by atoms with Crippen molar-refractivity contribution in [2.45, 2.75) is 83.0 Å². The topological polar surface area (TPSA) is 257 Å². The predicted octanol–water partition coefficient (Wildman–Crippen LogP) is -2.23. The summed E-state index contributed by atoms with van der Waals surface area (Å²) in [5, 5.41) is 25.4. The van der Waals surface area contributed by atoms with Crippen molar-refractivity contribution in [3.63, 3.8) is 0 Å². The van der Waals surface area contributed by atoms with Gasteiger partial charge in [0.1, 0.15) is 18.1 Å². The summed E-state index contributed by atoms with van der Waals surface area (Å²) < 4.78 is 0. The summed E-state index contributed by atoms with van der Waals surface area (Å²) in [5.41, 5.74) is 16.3. The van der Waals surface area contributed by atoms with Crippen LogP contribution in [0.15, 0.2) is 0 Å². The molecule has 0 aromatic carbocycles. The number of nitrogens with one attached hydrogen (secondary N) is 3. The molecule has 0 rings (SSSR count). The summed E-state index contributed by atoms with van der Waals surface area (Å²) in [6, 6.07) is -4.93. The van der Waals surface area contributed by atoms with Gasteiger partial charge < -0.3 is 43.4 Å². The van der Waals surface area contributed by atoms with E-state index in [0.717, 1.165) is 0 Å². The summed E-state index contributed by atoms with van der Waals surface area (Å²) in [6.07, 6.45) is -0.218. The minimum Gasteiger partial charge on any atom is -0.481 e. The van der Waals surface area contributed by atoms with Gasteiger partial charge in [0, 0.05) is 12.8 Å². The Labute approximate surface area is 203 Å². The molecule has 11 N–H and O–H groups in total. The van der Waals surface area contributed by atoms with Gasteiger partial charge in [-0.25, -0.2) is 4.79 Å². The molecule has 0 fully saturated rings.